The van der Waals surface area contributed by atoms with Crippen LogP contribution in [0.2, 0.25) is 0 Å². The predicted octanol–water partition coefficient (Wildman–Crippen LogP) is 4.94. The summed E-state index contributed by atoms with van der Waals surface area (Å²) in [7, 11) is 0. The number of benzene rings is 1. The molecule has 1 aliphatic heterocycles. The van der Waals surface area contributed by atoms with Crippen LogP contribution in [0.4, 0.5) is 22.0 Å². The van der Waals surface area contributed by atoms with Crippen molar-refractivity contribution in [2.75, 3.05) is 13.2 Å². The molecule has 1 aromatic carbocycles. The van der Waals surface area contributed by atoms with Crippen LogP contribution in [0.15, 0.2) is 24.8 Å². The van der Waals surface area contributed by atoms with Crippen LogP contribution >= 0.6 is 0 Å². The van der Waals surface area contributed by atoms with Crippen LogP contribution < -0.4 is 4.74 Å². The first-order valence-corrected chi connectivity index (χ1v) is 8.29. The highest BCUT2D eigenvalue weighted by Crippen LogP contribution is 2.35. The minimum absolute atomic E-state index is 0.0185. The highest BCUT2D eigenvalue weighted by molar-refractivity contribution is 5.31. The second-order valence-corrected chi connectivity index (χ2v) is 6.20. The number of rotatable bonds is 8. The Morgan fingerprint density at radius 2 is 1.92 bits per heavy atom. The van der Waals surface area contributed by atoms with Gasteiger partial charge in [-0.25, -0.2) is 8.78 Å². The van der Waals surface area contributed by atoms with Gasteiger partial charge >= 0.3 is 6.11 Å². The van der Waals surface area contributed by atoms with Crippen molar-refractivity contribution >= 4 is 0 Å². The van der Waals surface area contributed by atoms with Crippen LogP contribution in [0.5, 0.6) is 5.75 Å². The molecule has 0 N–H and O–H groups in total. The Morgan fingerprint density at radius 1 is 1.27 bits per heavy atom. The lowest BCUT2D eigenvalue weighted by molar-refractivity contribution is -0.362. The summed E-state index contributed by atoms with van der Waals surface area (Å²) < 4.78 is 84.2. The van der Waals surface area contributed by atoms with Crippen molar-refractivity contribution in [1.29, 1.82) is 0 Å². The van der Waals surface area contributed by atoms with Gasteiger partial charge in [0.15, 0.2) is 17.2 Å². The maximum atomic E-state index is 14.2. The first-order valence-electron chi connectivity index (χ1n) is 8.29. The van der Waals surface area contributed by atoms with E-state index in [2.05, 4.69) is 11.3 Å². The second kappa shape index (κ2) is 8.35. The van der Waals surface area contributed by atoms with E-state index in [4.69, 9.17) is 9.47 Å². The van der Waals surface area contributed by atoms with Crippen molar-refractivity contribution in [2.24, 2.45) is 0 Å². The average Bonchev–Trinajstić information content (AvgIpc) is 2.59. The highest BCUT2D eigenvalue weighted by Gasteiger charge is 2.51. The quantitative estimate of drug-likeness (QED) is 0.473. The third-order valence-electron chi connectivity index (χ3n) is 3.95. The molecule has 1 aliphatic rings. The first kappa shape index (κ1) is 20.6. The molecule has 0 amide bonds. The average molecular weight is 380 g/mol. The monoisotopic (exact) mass is 380 g/mol. The van der Waals surface area contributed by atoms with Crippen LogP contribution in [0.3, 0.4) is 0 Å². The van der Waals surface area contributed by atoms with E-state index in [-0.39, 0.29) is 18.4 Å². The van der Waals surface area contributed by atoms with Crippen LogP contribution in [0.25, 0.3) is 0 Å². The van der Waals surface area contributed by atoms with Gasteiger partial charge in [0.05, 0.1) is 13.2 Å². The van der Waals surface area contributed by atoms with Gasteiger partial charge in [0, 0.05) is 0 Å². The third kappa shape index (κ3) is 4.73. The summed E-state index contributed by atoms with van der Waals surface area (Å²) in [6, 6.07) is 2.06. The molecule has 2 rings (SSSR count). The Hall–Kier alpha value is -1.67. The van der Waals surface area contributed by atoms with Crippen LogP contribution in [0.1, 0.15) is 31.7 Å². The zero-order chi connectivity index (χ0) is 19.4. The number of allylic oxidation sites excluding steroid dienone is 1. The molecule has 0 unspecified atom stereocenters. The molecule has 26 heavy (non-hydrogen) atoms. The summed E-state index contributed by atoms with van der Waals surface area (Å²) in [6.45, 7) is 4.02. The van der Waals surface area contributed by atoms with E-state index in [0.29, 0.717) is 12.8 Å². The summed E-state index contributed by atoms with van der Waals surface area (Å²) >= 11 is 0. The van der Waals surface area contributed by atoms with Crippen molar-refractivity contribution < 1.29 is 36.2 Å². The van der Waals surface area contributed by atoms with Crippen molar-refractivity contribution in [1.82, 2.24) is 0 Å². The minimum atomic E-state index is -4.12. The fraction of sp³-hybridized carbons (Fsp3) is 0.556. The molecule has 1 fully saturated rings. The maximum absolute atomic E-state index is 14.2. The molecule has 146 valence electrons. The molecule has 1 aromatic rings. The van der Waals surface area contributed by atoms with E-state index in [1.165, 1.54) is 6.08 Å². The van der Waals surface area contributed by atoms with Gasteiger partial charge in [-0.15, -0.1) is 6.58 Å². The number of aryl methyl sites for hydroxylation is 1. The van der Waals surface area contributed by atoms with Gasteiger partial charge in [-0.05, 0) is 30.9 Å². The van der Waals surface area contributed by atoms with Gasteiger partial charge in [0.2, 0.25) is 5.82 Å². The second-order valence-electron chi connectivity index (χ2n) is 6.20. The van der Waals surface area contributed by atoms with Gasteiger partial charge in [-0.1, -0.05) is 25.5 Å². The third-order valence-corrected chi connectivity index (χ3v) is 3.95. The van der Waals surface area contributed by atoms with E-state index in [0.717, 1.165) is 12.1 Å². The van der Waals surface area contributed by atoms with Crippen molar-refractivity contribution in [3.63, 3.8) is 0 Å². The molecule has 0 aromatic heterocycles. The smallest absolute Gasteiger partial charge is 0.426 e. The maximum Gasteiger partial charge on any atom is 0.451 e. The van der Waals surface area contributed by atoms with Crippen molar-refractivity contribution in [2.45, 2.75) is 50.7 Å². The van der Waals surface area contributed by atoms with Gasteiger partial charge in [-0.2, -0.15) is 13.2 Å². The molecule has 0 saturated carbocycles. The fourth-order valence-electron chi connectivity index (χ4n) is 2.62. The Morgan fingerprint density at radius 3 is 2.50 bits per heavy atom. The fourth-order valence-corrected chi connectivity index (χ4v) is 2.62. The molecule has 0 spiro atoms. The Kier molecular flexibility index (Phi) is 6.63. The molecule has 0 atom stereocenters. The molecule has 8 heteroatoms. The number of halogens is 5. The van der Waals surface area contributed by atoms with Crippen LogP contribution in [-0.2, 0) is 15.9 Å². The zero-order valence-electron chi connectivity index (χ0n) is 14.4. The molecule has 0 bridgehead atoms. The number of ether oxygens (including phenoxy) is 3. The van der Waals surface area contributed by atoms with Crippen LogP contribution in [-0.4, -0.2) is 31.3 Å². The summed E-state index contributed by atoms with van der Waals surface area (Å²) in [5, 5.41) is 0. The van der Waals surface area contributed by atoms with Crippen molar-refractivity contribution in [3.8, 4) is 5.75 Å². The molecule has 3 nitrogen and oxygen atoms in total. The van der Waals surface area contributed by atoms with E-state index in [1.807, 2.05) is 0 Å². The van der Waals surface area contributed by atoms with E-state index in [9.17, 15) is 22.0 Å². The molecule has 1 saturated heterocycles. The Labute approximate surface area is 148 Å². The summed E-state index contributed by atoms with van der Waals surface area (Å²) in [5.41, 5.74) is -1.84. The van der Waals surface area contributed by atoms with E-state index >= 15 is 0 Å². The molecular weight excluding hydrogens is 359 g/mol. The normalized spacial score (nSPS) is 23.7. The van der Waals surface area contributed by atoms with Gasteiger partial charge in [0.25, 0.3) is 6.29 Å². The topological polar surface area (TPSA) is 27.7 Å². The largest absolute Gasteiger partial charge is 0.451 e. The SMILES string of the molecule is C=CCCc1ccc(OC(F)(F)C2OCC(F)(CCC)CO2)c(F)c1F. The summed E-state index contributed by atoms with van der Waals surface area (Å²) in [5.74, 6) is -3.78. The summed E-state index contributed by atoms with van der Waals surface area (Å²) in [4.78, 5) is 0. The molecule has 1 heterocycles. The lowest BCUT2D eigenvalue weighted by atomic mass is 10.0. The number of hydrogen-bond acceptors (Lipinski definition) is 3. The van der Waals surface area contributed by atoms with Gasteiger partial charge < -0.3 is 14.2 Å². The molecule has 0 radical (unpaired) electrons. The Bertz CT molecular complexity index is 627. The lowest BCUT2D eigenvalue weighted by Gasteiger charge is -2.36. The molecule has 0 aliphatic carbocycles. The Balaban J connectivity index is 2.07. The highest BCUT2D eigenvalue weighted by atomic mass is 19.3. The zero-order valence-corrected chi connectivity index (χ0v) is 14.4. The van der Waals surface area contributed by atoms with E-state index < -0.39 is 48.7 Å². The first-order chi connectivity index (χ1) is 12.2. The van der Waals surface area contributed by atoms with Crippen molar-refractivity contribution in [3.05, 3.63) is 42.0 Å². The lowest BCUT2D eigenvalue weighted by Crippen LogP contribution is -2.52. The van der Waals surface area contributed by atoms with Crippen LogP contribution in [0, 0.1) is 11.6 Å². The predicted molar refractivity (Wildman–Crippen MR) is 84.9 cm³/mol. The number of alkyl halides is 3. The van der Waals surface area contributed by atoms with E-state index in [1.54, 1.807) is 6.92 Å². The van der Waals surface area contributed by atoms with Gasteiger partial charge in [0.1, 0.15) is 0 Å². The minimum Gasteiger partial charge on any atom is -0.426 e. The molecular formula is C18H21F5O3. The standard InChI is InChI=1S/C18H21F5O3/c1-3-5-6-12-7-8-13(15(20)14(12)19)26-18(22,23)16-24-10-17(21,9-4-2)11-25-16/h3,7-8,16H,1,4-6,9-11H2,2H3. The van der Waals surface area contributed by atoms with Gasteiger partial charge in [-0.3, -0.25) is 0 Å². The summed E-state index contributed by atoms with van der Waals surface area (Å²) in [6.07, 6.45) is -3.65. The number of hydrogen-bond donors (Lipinski definition) is 0.